The topological polar surface area (TPSA) is 58.6 Å². The second kappa shape index (κ2) is 8.15. The number of nitrogens with zero attached hydrogens (tertiary/aromatic N) is 1. The van der Waals surface area contributed by atoms with Gasteiger partial charge in [0.1, 0.15) is 5.75 Å². The number of benzene rings is 3. The van der Waals surface area contributed by atoms with Gasteiger partial charge < -0.3 is 15.0 Å². The van der Waals surface area contributed by atoms with Gasteiger partial charge in [0, 0.05) is 5.56 Å². The van der Waals surface area contributed by atoms with Crippen LogP contribution >= 0.6 is 23.2 Å². The maximum Gasteiger partial charge on any atom is 0.265 e. The Bertz CT molecular complexity index is 1060. The summed E-state index contributed by atoms with van der Waals surface area (Å²) in [5, 5.41) is 3.47. The summed E-state index contributed by atoms with van der Waals surface area (Å²) in [5.74, 6) is 0.248. The molecule has 1 N–H and O–H groups in total. The molecule has 0 unspecified atom stereocenters. The van der Waals surface area contributed by atoms with E-state index in [-0.39, 0.29) is 18.4 Å². The average molecular weight is 427 g/mol. The van der Waals surface area contributed by atoms with Crippen LogP contribution in [0.25, 0.3) is 0 Å². The predicted octanol–water partition coefficient (Wildman–Crippen LogP) is 5.17. The molecular formula is C22H16Cl2N2O3. The third kappa shape index (κ3) is 4.06. The molecule has 1 aliphatic rings. The lowest BCUT2D eigenvalue weighted by atomic mass is 10.1. The van der Waals surface area contributed by atoms with Gasteiger partial charge in [-0.25, -0.2) is 0 Å². The number of para-hydroxylation sites is 3. The van der Waals surface area contributed by atoms with E-state index < -0.39 is 0 Å². The predicted molar refractivity (Wildman–Crippen MR) is 114 cm³/mol. The van der Waals surface area contributed by atoms with Gasteiger partial charge in [0.05, 0.1) is 28.0 Å². The van der Waals surface area contributed by atoms with Crippen LogP contribution in [0.2, 0.25) is 10.0 Å². The van der Waals surface area contributed by atoms with Crippen molar-refractivity contribution in [3.63, 3.8) is 0 Å². The highest BCUT2D eigenvalue weighted by atomic mass is 35.5. The number of amides is 2. The van der Waals surface area contributed by atoms with Gasteiger partial charge in [-0.05, 0) is 42.0 Å². The minimum atomic E-state index is -0.320. The number of carbonyl (C=O) groups excluding carboxylic acids is 2. The van der Waals surface area contributed by atoms with Gasteiger partial charge in [-0.2, -0.15) is 0 Å². The molecule has 0 radical (unpaired) electrons. The van der Waals surface area contributed by atoms with E-state index in [1.54, 1.807) is 35.2 Å². The van der Waals surface area contributed by atoms with E-state index in [9.17, 15) is 9.59 Å². The molecule has 5 nitrogen and oxygen atoms in total. The molecule has 0 saturated heterocycles. The van der Waals surface area contributed by atoms with Gasteiger partial charge in [0.2, 0.25) is 0 Å². The Morgan fingerprint density at radius 3 is 2.38 bits per heavy atom. The van der Waals surface area contributed by atoms with E-state index >= 15 is 0 Å². The summed E-state index contributed by atoms with van der Waals surface area (Å²) in [7, 11) is 0. The van der Waals surface area contributed by atoms with Gasteiger partial charge >= 0.3 is 0 Å². The first-order valence-electron chi connectivity index (χ1n) is 8.89. The zero-order chi connectivity index (χ0) is 20.4. The summed E-state index contributed by atoms with van der Waals surface area (Å²) in [4.78, 5) is 26.5. The quantitative estimate of drug-likeness (QED) is 0.625. The third-order valence-corrected chi connectivity index (χ3v) is 5.20. The second-order valence-electron chi connectivity index (χ2n) is 6.48. The molecule has 146 valence electrons. The monoisotopic (exact) mass is 426 g/mol. The van der Waals surface area contributed by atoms with Crippen molar-refractivity contribution in [1.82, 2.24) is 0 Å². The number of hydrogen-bond donors (Lipinski definition) is 1. The Balaban J connectivity index is 1.50. The molecule has 0 saturated carbocycles. The maximum absolute atomic E-state index is 12.5. The first-order chi connectivity index (χ1) is 14.0. The van der Waals surface area contributed by atoms with Crippen LogP contribution in [-0.2, 0) is 11.3 Å². The van der Waals surface area contributed by atoms with Crippen LogP contribution in [0.15, 0.2) is 66.7 Å². The van der Waals surface area contributed by atoms with E-state index in [1.165, 1.54) is 0 Å². The third-order valence-electron chi connectivity index (χ3n) is 4.57. The second-order valence-corrected chi connectivity index (χ2v) is 7.30. The number of halogens is 2. The Morgan fingerprint density at radius 1 is 0.966 bits per heavy atom. The van der Waals surface area contributed by atoms with Crippen LogP contribution < -0.4 is 15.0 Å². The Kier molecular flexibility index (Phi) is 5.43. The molecule has 1 aliphatic heterocycles. The van der Waals surface area contributed by atoms with E-state index in [2.05, 4.69) is 5.32 Å². The molecule has 7 heteroatoms. The van der Waals surface area contributed by atoms with Crippen molar-refractivity contribution >= 4 is 46.4 Å². The van der Waals surface area contributed by atoms with Crippen LogP contribution in [-0.4, -0.2) is 18.4 Å². The lowest BCUT2D eigenvalue weighted by Crippen LogP contribution is -2.38. The molecule has 2 amide bonds. The molecule has 3 aromatic carbocycles. The highest BCUT2D eigenvalue weighted by Crippen LogP contribution is 2.33. The van der Waals surface area contributed by atoms with Crippen LogP contribution in [0, 0.1) is 0 Å². The van der Waals surface area contributed by atoms with E-state index in [1.807, 2.05) is 36.4 Å². The number of anilines is 2. The first kappa shape index (κ1) is 19.3. The smallest absolute Gasteiger partial charge is 0.265 e. The summed E-state index contributed by atoms with van der Waals surface area (Å²) in [6.45, 7) is 0.396. The normalized spacial score (nSPS) is 12.9. The molecule has 0 aromatic heterocycles. The van der Waals surface area contributed by atoms with Crippen LogP contribution in [0.4, 0.5) is 11.4 Å². The number of carbonyl (C=O) groups is 2. The Labute approximate surface area is 177 Å². The van der Waals surface area contributed by atoms with E-state index in [4.69, 9.17) is 27.9 Å². The fraction of sp³-hybridized carbons (Fsp3) is 0.0909. The molecule has 3 aromatic rings. The average Bonchev–Trinajstić information content (AvgIpc) is 2.73. The van der Waals surface area contributed by atoms with Gasteiger partial charge in [-0.3, -0.25) is 9.59 Å². The highest BCUT2D eigenvalue weighted by molar-refractivity contribution is 6.40. The summed E-state index contributed by atoms with van der Waals surface area (Å²) >= 11 is 12.2. The van der Waals surface area contributed by atoms with Crippen LogP contribution in [0.3, 0.4) is 0 Å². The molecule has 4 rings (SSSR count). The van der Waals surface area contributed by atoms with Crippen LogP contribution in [0.5, 0.6) is 5.75 Å². The lowest BCUT2D eigenvalue weighted by Gasteiger charge is -2.29. The van der Waals surface area contributed by atoms with Crippen molar-refractivity contribution in [3.05, 3.63) is 87.9 Å². The zero-order valence-electron chi connectivity index (χ0n) is 15.2. The molecule has 0 aliphatic carbocycles. The minimum Gasteiger partial charge on any atom is -0.482 e. The molecule has 1 heterocycles. The maximum atomic E-state index is 12.5. The largest absolute Gasteiger partial charge is 0.482 e. The van der Waals surface area contributed by atoms with Crippen molar-refractivity contribution in [2.24, 2.45) is 0 Å². The lowest BCUT2D eigenvalue weighted by molar-refractivity contribution is -0.121. The molecule has 0 bridgehead atoms. The summed E-state index contributed by atoms with van der Waals surface area (Å²) < 4.78 is 5.46. The summed E-state index contributed by atoms with van der Waals surface area (Å²) in [5.41, 5.74) is 2.46. The Hall–Kier alpha value is -3.02. The molecular weight excluding hydrogens is 411 g/mol. The van der Waals surface area contributed by atoms with Crippen molar-refractivity contribution in [1.29, 1.82) is 0 Å². The molecule has 0 atom stereocenters. The van der Waals surface area contributed by atoms with Gasteiger partial charge in [-0.1, -0.05) is 53.5 Å². The number of nitrogens with one attached hydrogen (secondary N) is 1. The van der Waals surface area contributed by atoms with Crippen molar-refractivity contribution < 1.29 is 14.3 Å². The fourth-order valence-corrected chi connectivity index (χ4v) is 3.57. The van der Waals surface area contributed by atoms with Gasteiger partial charge in [0.25, 0.3) is 11.8 Å². The minimum absolute atomic E-state index is 0.0100. The van der Waals surface area contributed by atoms with Crippen molar-refractivity contribution in [2.75, 3.05) is 16.8 Å². The standard InChI is InChI=1S/C22H16Cl2N2O3/c23-16-4-3-5-17(24)21(16)25-22(28)15-10-8-14(9-11-15)12-26-18-6-1-2-7-19(18)29-13-20(26)27/h1-11H,12-13H2,(H,25,28). The van der Waals surface area contributed by atoms with E-state index in [0.29, 0.717) is 33.6 Å². The Morgan fingerprint density at radius 2 is 1.66 bits per heavy atom. The number of fused-ring (bicyclic) bond motifs is 1. The summed E-state index contributed by atoms with van der Waals surface area (Å²) in [6.07, 6.45) is 0. The number of hydrogen-bond acceptors (Lipinski definition) is 3. The molecule has 0 spiro atoms. The van der Waals surface area contributed by atoms with Gasteiger partial charge in [-0.15, -0.1) is 0 Å². The zero-order valence-corrected chi connectivity index (χ0v) is 16.7. The van der Waals surface area contributed by atoms with Crippen molar-refractivity contribution in [3.8, 4) is 5.75 Å². The number of ether oxygens (including phenoxy) is 1. The molecule has 29 heavy (non-hydrogen) atoms. The van der Waals surface area contributed by atoms with Gasteiger partial charge in [0.15, 0.2) is 6.61 Å². The first-order valence-corrected chi connectivity index (χ1v) is 9.65. The number of rotatable bonds is 4. The fourth-order valence-electron chi connectivity index (χ4n) is 3.07. The van der Waals surface area contributed by atoms with Crippen LogP contribution in [0.1, 0.15) is 15.9 Å². The van der Waals surface area contributed by atoms with Crippen molar-refractivity contribution in [2.45, 2.75) is 6.54 Å². The highest BCUT2D eigenvalue weighted by Gasteiger charge is 2.25. The van der Waals surface area contributed by atoms with E-state index in [0.717, 1.165) is 11.3 Å². The SMILES string of the molecule is O=C(Nc1c(Cl)cccc1Cl)c1ccc(CN2C(=O)COc3ccccc32)cc1. The molecule has 0 fully saturated rings. The summed E-state index contributed by atoms with van der Waals surface area (Å²) in [6, 6.07) is 19.5.